The molecule has 1 atom stereocenters. The van der Waals surface area contributed by atoms with Gasteiger partial charge in [-0.2, -0.15) is 0 Å². The second kappa shape index (κ2) is 7.27. The zero-order valence-electron chi connectivity index (χ0n) is 13.4. The molecule has 0 heterocycles. The number of nitrogens with one attached hydrogen (secondary N) is 2. The van der Waals surface area contributed by atoms with Gasteiger partial charge in [0.2, 0.25) is 0 Å². The summed E-state index contributed by atoms with van der Waals surface area (Å²) in [6.07, 6.45) is 0. The lowest BCUT2D eigenvalue weighted by Crippen LogP contribution is -2.30. The van der Waals surface area contributed by atoms with Crippen molar-refractivity contribution in [3.8, 4) is 5.75 Å². The lowest BCUT2D eigenvalue weighted by atomic mass is 10.1. The maximum Gasteiger partial charge on any atom is 0.171 e. The standard InChI is InChI=1S/C18H22N2OS/c1-12-5-8-16(11-13(12)2)20-18(22)19-14(3)15-6-9-17(21-4)10-7-15/h5-11,14H,1-4H3,(H2,19,20,22)/t14-/m1/s1. The van der Waals surface area contributed by atoms with E-state index in [-0.39, 0.29) is 6.04 Å². The molecule has 0 aliphatic carbocycles. The van der Waals surface area contributed by atoms with Crippen LogP contribution in [0.3, 0.4) is 0 Å². The molecule has 2 aromatic rings. The number of anilines is 1. The summed E-state index contributed by atoms with van der Waals surface area (Å²) < 4.78 is 5.17. The second-order valence-corrected chi connectivity index (χ2v) is 5.80. The summed E-state index contributed by atoms with van der Waals surface area (Å²) >= 11 is 5.39. The van der Waals surface area contributed by atoms with E-state index < -0.39 is 0 Å². The van der Waals surface area contributed by atoms with Gasteiger partial charge in [0.1, 0.15) is 5.75 Å². The van der Waals surface area contributed by atoms with Crippen molar-refractivity contribution in [1.29, 1.82) is 0 Å². The van der Waals surface area contributed by atoms with Crippen LogP contribution < -0.4 is 15.4 Å². The highest BCUT2D eigenvalue weighted by atomic mass is 32.1. The molecule has 0 bridgehead atoms. The topological polar surface area (TPSA) is 33.3 Å². The minimum Gasteiger partial charge on any atom is -0.497 e. The van der Waals surface area contributed by atoms with E-state index in [9.17, 15) is 0 Å². The van der Waals surface area contributed by atoms with Crippen molar-refractivity contribution in [3.63, 3.8) is 0 Å². The summed E-state index contributed by atoms with van der Waals surface area (Å²) in [4.78, 5) is 0. The Labute approximate surface area is 137 Å². The van der Waals surface area contributed by atoms with Crippen LogP contribution in [0.2, 0.25) is 0 Å². The number of hydrogen-bond acceptors (Lipinski definition) is 2. The summed E-state index contributed by atoms with van der Waals surface area (Å²) in [6.45, 7) is 6.27. The summed E-state index contributed by atoms with van der Waals surface area (Å²) in [5.41, 5.74) is 4.68. The Hall–Kier alpha value is -2.07. The van der Waals surface area contributed by atoms with Crippen LogP contribution in [0.4, 0.5) is 5.69 Å². The Morgan fingerprint density at radius 3 is 2.32 bits per heavy atom. The molecule has 0 spiro atoms. The highest BCUT2D eigenvalue weighted by Crippen LogP contribution is 2.18. The van der Waals surface area contributed by atoms with Gasteiger partial charge in [-0.15, -0.1) is 0 Å². The van der Waals surface area contributed by atoms with Gasteiger partial charge in [-0.3, -0.25) is 0 Å². The molecule has 116 valence electrons. The molecule has 2 rings (SSSR count). The molecule has 0 fully saturated rings. The van der Waals surface area contributed by atoms with Gasteiger partial charge in [-0.1, -0.05) is 18.2 Å². The van der Waals surface area contributed by atoms with Crippen LogP contribution >= 0.6 is 12.2 Å². The molecule has 0 radical (unpaired) electrons. The van der Waals surface area contributed by atoms with Crippen LogP contribution in [-0.2, 0) is 0 Å². The highest BCUT2D eigenvalue weighted by Gasteiger charge is 2.07. The lowest BCUT2D eigenvalue weighted by molar-refractivity contribution is 0.414. The van der Waals surface area contributed by atoms with Gasteiger partial charge in [-0.05, 0) is 73.9 Å². The fourth-order valence-corrected chi connectivity index (χ4v) is 2.45. The molecule has 0 saturated carbocycles. The molecule has 0 saturated heterocycles. The Balaban J connectivity index is 1.96. The number of methoxy groups -OCH3 is 1. The predicted molar refractivity (Wildman–Crippen MR) is 96.7 cm³/mol. The second-order valence-electron chi connectivity index (χ2n) is 5.39. The number of ether oxygens (including phenoxy) is 1. The van der Waals surface area contributed by atoms with Gasteiger partial charge < -0.3 is 15.4 Å². The molecule has 0 unspecified atom stereocenters. The van der Waals surface area contributed by atoms with Crippen molar-refractivity contribution in [2.24, 2.45) is 0 Å². The zero-order chi connectivity index (χ0) is 16.1. The third-order valence-electron chi connectivity index (χ3n) is 3.73. The van der Waals surface area contributed by atoms with E-state index >= 15 is 0 Å². The number of thiocarbonyl (C=S) groups is 1. The van der Waals surface area contributed by atoms with E-state index in [1.165, 1.54) is 11.1 Å². The minimum atomic E-state index is 0.123. The number of aryl methyl sites for hydroxylation is 2. The summed E-state index contributed by atoms with van der Waals surface area (Å²) in [6, 6.07) is 14.3. The predicted octanol–water partition coefficient (Wildman–Crippen LogP) is 4.36. The Morgan fingerprint density at radius 2 is 1.73 bits per heavy atom. The number of rotatable bonds is 4. The Kier molecular flexibility index (Phi) is 5.39. The van der Waals surface area contributed by atoms with E-state index in [0.717, 1.165) is 17.0 Å². The first-order valence-corrected chi connectivity index (χ1v) is 7.69. The zero-order valence-corrected chi connectivity index (χ0v) is 14.3. The molecule has 2 N–H and O–H groups in total. The van der Waals surface area contributed by atoms with E-state index in [4.69, 9.17) is 17.0 Å². The van der Waals surface area contributed by atoms with Crippen molar-refractivity contribution in [2.75, 3.05) is 12.4 Å². The van der Waals surface area contributed by atoms with Gasteiger partial charge >= 0.3 is 0 Å². The summed E-state index contributed by atoms with van der Waals surface area (Å²) in [5.74, 6) is 0.854. The molecule has 2 aromatic carbocycles. The lowest BCUT2D eigenvalue weighted by Gasteiger charge is -2.18. The molecule has 0 aromatic heterocycles. The van der Waals surface area contributed by atoms with Crippen LogP contribution in [-0.4, -0.2) is 12.2 Å². The van der Waals surface area contributed by atoms with Gasteiger partial charge in [0.05, 0.1) is 13.2 Å². The fourth-order valence-electron chi connectivity index (χ4n) is 2.16. The largest absolute Gasteiger partial charge is 0.497 e. The molecule has 0 amide bonds. The molecular weight excluding hydrogens is 292 g/mol. The van der Waals surface area contributed by atoms with Gasteiger partial charge in [0.15, 0.2) is 5.11 Å². The monoisotopic (exact) mass is 314 g/mol. The van der Waals surface area contributed by atoms with Crippen molar-refractivity contribution >= 4 is 23.0 Å². The van der Waals surface area contributed by atoms with Crippen LogP contribution in [0, 0.1) is 13.8 Å². The molecule has 3 nitrogen and oxygen atoms in total. The van der Waals surface area contributed by atoms with Gasteiger partial charge in [0, 0.05) is 5.69 Å². The number of hydrogen-bond donors (Lipinski definition) is 2. The van der Waals surface area contributed by atoms with Crippen molar-refractivity contribution in [2.45, 2.75) is 26.8 Å². The van der Waals surface area contributed by atoms with E-state index in [1.54, 1.807) is 7.11 Å². The molecule has 0 aliphatic heterocycles. The third kappa shape index (κ3) is 4.21. The quantitative estimate of drug-likeness (QED) is 0.822. The van der Waals surface area contributed by atoms with Crippen LogP contribution in [0.1, 0.15) is 29.7 Å². The average Bonchev–Trinajstić information content (AvgIpc) is 2.51. The van der Waals surface area contributed by atoms with Crippen LogP contribution in [0.25, 0.3) is 0 Å². The van der Waals surface area contributed by atoms with Crippen molar-refractivity contribution in [3.05, 3.63) is 59.2 Å². The van der Waals surface area contributed by atoms with Crippen molar-refractivity contribution < 1.29 is 4.74 Å². The molecule has 22 heavy (non-hydrogen) atoms. The first kappa shape index (κ1) is 16.3. The molecule has 4 heteroatoms. The third-order valence-corrected chi connectivity index (χ3v) is 3.95. The normalized spacial score (nSPS) is 11.6. The Morgan fingerprint density at radius 1 is 1.05 bits per heavy atom. The van der Waals surface area contributed by atoms with E-state index in [0.29, 0.717) is 5.11 Å². The van der Waals surface area contributed by atoms with E-state index in [1.807, 2.05) is 30.3 Å². The van der Waals surface area contributed by atoms with Crippen LogP contribution in [0.15, 0.2) is 42.5 Å². The SMILES string of the molecule is COc1ccc([C@@H](C)NC(=S)Nc2ccc(C)c(C)c2)cc1. The minimum absolute atomic E-state index is 0.123. The first-order chi connectivity index (χ1) is 10.5. The van der Waals surface area contributed by atoms with Gasteiger partial charge in [-0.25, -0.2) is 0 Å². The maximum atomic E-state index is 5.39. The highest BCUT2D eigenvalue weighted by molar-refractivity contribution is 7.80. The fraction of sp³-hybridized carbons (Fsp3) is 0.278. The van der Waals surface area contributed by atoms with E-state index in [2.05, 4.69) is 43.5 Å². The maximum absolute atomic E-state index is 5.39. The summed E-state index contributed by atoms with van der Waals surface area (Å²) in [5, 5.41) is 7.14. The Bertz CT molecular complexity index is 653. The summed E-state index contributed by atoms with van der Waals surface area (Å²) in [7, 11) is 1.67. The van der Waals surface area contributed by atoms with Gasteiger partial charge in [0.25, 0.3) is 0 Å². The van der Waals surface area contributed by atoms with Crippen molar-refractivity contribution in [1.82, 2.24) is 5.32 Å². The number of benzene rings is 2. The smallest absolute Gasteiger partial charge is 0.171 e. The van der Waals surface area contributed by atoms with Crippen LogP contribution in [0.5, 0.6) is 5.75 Å². The molecular formula is C18H22N2OS. The first-order valence-electron chi connectivity index (χ1n) is 7.28. The molecule has 0 aliphatic rings. The average molecular weight is 314 g/mol.